The lowest BCUT2D eigenvalue weighted by Gasteiger charge is -2.25. The quantitative estimate of drug-likeness (QED) is 0.654. The largest absolute Gasteiger partial charge is 0.483 e. The number of rotatable bonds is 5. The van der Waals surface area contributed by atoms with Crippen molar-refractivity contribution in [2.75, 3.05) is 0 Å². The maximum Gasteiger partial charge on any atom is 0.139 e. The standard InChI is InChI=1S/C16H16Br2ClNO/c1-2-14(20)16(10-4-3-5-12(19)8-10)21-15-7-6-11(17)9-13(15)18/h3-9,14,16H,2,20H2,1H3. The Bertz CT molecular complexity index is 621. The van der Waals surface area contributed by atoms with Gasteiger partial charge in [-0.15, -0.1) is 0 Å². The number of hydrogen-bond acceptors (Lipinski definition) is 2. The summed E-state index contributed by atoms with van der Waals surface area (Å²) in [4.78, 5) is 0. The fourth-order valence-corrected chi connectivity index (χ4v) is 3.35. The van der Waals surface area contributed by atoms with Gasteiger partial charge < -0.3 is 10.5 Å². The molecule has 0 saturated heterocycles. The first-order chi connectivity index (χ1) is 10.0. The summed E-state index contributed by atoms with van der Waals surface area (Å²) < 4.78 is 8.01. The molecule has 0 saturated carbocycles. The van der Waals surface area contributed by atoms with Crippen LogP contribution in [0.4, 0.5) is 0 Å². The van der Waals surface area contributed by atoms with Gasteiger partial charge >= 0.3 is 0 Å². The predicted octanol–water partition coefficient (Wildman–Crippen LogP) is 5.72. The van der Waals surface area contributed by atoms with Crippen molar-refractivity contribution >= 4 is 43.5 Å². The van der Waals surface area contributed by atoms with Gasteiger partial charge in [0.1, 0.15) is 11.9 Å². The summed E-state index contributed by atoms with van der Waals surface area (Å²) in [6, 6.07) is 13.3. The van der Waals surface area contributed by atoms with Crippen molar-refractivity contribution in [3.05, 3.63) is 62.0 Å². The Hall–Kier alpha value is -0.550. The second-order valence-corrected chi connectivity index (χ2v) is 6.95. The average Bonchev–Trinajstić information content (AvgIpc) is 2.45. The van der Waals surface area contributed by atoms with Crippen molar-refractivity contribution < 1.29 is 4.74 Å². The highest BCUT2D eigenvalue weighted by Crippen LogP contribution is 2.33. The minimum Gasteiger partial charge on any atom is -0.483 e. The Kier molecular flexibility index (Phi) is 6.11. The minimum absolute atomic E-state index is 0.112. The maximum absolute atomic E-state index is 6.23. The highest BCUT2D eigenvalue weighted by molar-refractivity contribution is 9.11. The molecule has 0 heterocycles. The summed E-state index contributed by atoms with van der Waals surface area (Å²) in [5.41, 5.74) is 7.21. The molecule has 0 aliphatic carbocycles. The Labute approximate surface area is 146 Å². The van der Waals surface area contributed by atoms with E-state index in [9.17, 15) is 0 Å². The van der Waals surface area contributed by atoms with Crippen LogP contribution < -0.4 is 10.5 Å². The topological polar surface area (TPSA) is 35.2 Å². The van der Waals surface area contributed by atoms with E-state index in [2.05, 4.69) is 31.9 Å². The van der Waals surface area contributed by atoms with Crippen LogP contribution in [0.3, 0.4) is 0 Å². The molecule has 0 spiro atoms. The maximum atomic E-state index is 6.23. The van der Waals surface area contributed by atoms with Crippen LogP contribution in [0.25, 0.3) is 0 Å². The predicted molar refractivity (Wildman–Crippen MR) is 94.9 cm³/mol. The third-order valence-electron chi connectivity index (χ3n) is 3.19. The van der Waals surface area contributed by atoms with E-state index in [-0.39, 0.29) is 12.1 Å². The molecular formula is C16H16Br2ClNO. The van der Waals surface area contributed by atoms with Crippen LogP contribution in [0.5, 0.6) is 5.75 Å². The van der Waals surface area contributed by atoms with Gasteiger partial charge in [0.25, 0.3) is 0 Å². The first-order valence-corrected chi connectivity index (χ1v) is 8.60. The summed E-state index contributed by atoms with van der Waals surface area (Å²) >= 11 is 13.0. The van der Waals surface area contributed by atoms with E-state index in [4.69, 9.17) is 22.1 Å². The molecule has 2 atom stereocenters. The zero-order valence-electron chi connectivity index (χ0n) is 11.5. The van der Waals surface area contributed by atoms with Gasteiger partial charge in [0, 0.05) is 15.5 Å². The van der Waals surface area contributed by atoms with Crippen molar-refractivity contribution in [2.24, 2.45) is 5.73 Å². The molecule has 112 valence electrons. The smallest absolute Gasteiger partial charge is 0.139 e. The molecule has 5 heteroatoms. The number of ether oxygens (including phenoxy) is 1. The van der Waals surface area contributed by atoms with Crippen molar-refractivity contribution in [2.45, 2.75) is 25.5 Å². The lowest BCUT2D eigenvalue weighted by molar-refractivity contribution is 0.170. The lowest BCUT2D eigenvalue weighted by Crippen LogP contribution is -2.31. The number of hydrogen-bond donors (Lipinski definition) is 1. The lowest BCUT2D eigenvalue weighted by atomic mass is 10.0. The van der Waals surface area contributed by atoms with Crippen molar-refractivity contribution in [1.29, 1.82) is 0 Å². The van der Waals surface area contributed by atoms with Crippen LogP contribution in [0.2, 0.25) is 5.02 Å². The van der Waals surface area contributed by atoms with Crippen LogP contribution in [-0.2, 0) is 0 Å². The molecule has 0 aromatic heterocycles. The van der Waals surface area contributed by atoms with Gasteiger partial charge in [-0.05, 0) is 58.2 Å². The highest BCUT2D eigenvalue weighted by Gasteiger charge is 2.21. The molecule has 2 rings (SSSR count). The summed E-state index contributed by atoms with van der Waals surface area (Å²) in [6.07, 6.45) is 0.567. The number of benzene rings is 2. The fraction of sp³-hybridized carbons (Fsp3) is 0.250. The number of nitrogens with two attached hydrogens (primary N) is 1. The molecule has 0 amide bonds. The molecule has 0 fully saturated rings. The van der Waals surface area contributed by atoms with E-state index in [0.29, 0.717) is 5.02 Å². The second kappa shape index (κ2) is 7.63. The van der Waals surface area contributed by atoms with Crippen LogP contribution in [0.1, 0.15) is 25.0 Å². The van der Waals surface area contributed by atoms with E-state index in [1.807, 2.05) is 49.4 Å². The molecular weight excluding hydrogens is 417 g/mol. The van der Waals surface area contributed by atoms with Crippen molar-refractivity contribution in [1.82, 2.24) is 0 Å². The van der Waals surface area contributed by atoms with Gasteiger partial charge in [-0.2, -0.15) is 0 Å². The first-order valence-electron chi connectivity index (χ1n) is 6.64. The summed E-state index contributed by atoms with van der Waals surface area (Å²) in [5, 5.41) is 0.680. The normalized spacial score (nSPS) is 13.8. The molecule has 0 bridgehead atoms. The molecule has 21 heavy (non-hydrogen) atoms. The number of halogens is 3. The summed E-state index contributed by atoms with van der Waals surface area (Å²) in [7, 11) is 0. The summed E-state index contributed by atoms with van der Waals surface area (Å²) in [5.74, 6) is 0.757. The molecule has 2 aromatic rings. The third-order valence-corrected chi connectivity index (χ3v) is 4.53. The van der Waals surface area contributed by atoms with E-state index in [1.165, 1.54) is 0 Å². The highest BCUT2D eigenvalue weighted by atomic mass is 79.9. The van der Waals surface area contributed by atoms with Crippen LogP contribution >= 0.6 is 43.5 Å². The Morgan fingerprint density at radius 1 is 1.19 bits per heavy atom. The van der Waals surface area contributed by atoms with Crippen LogP contribution in [-0.4, -0.2) is 6.04 Å². The van der Waals surface area contributed by atoms with Crippen LogP contribution in [0, 0.1) is 0 Å². The van der Waals surface area contributed by atoms with E-state index < -0.39 is 0 Å². The Morgan fingerprint density at radius 2 is 1.95 bits per heavy atom. The molecule has 2 nitrogen and oxygen atoms in total. The van der Waals surface area contributed by atoms with E-state index in [1.54, 1.807) is 0 Å². The van der Waals surface area contributed by atoms with Gasteiger partial charge in [-0.1, -0.05) is 46.6 Å². The molecule has 2 aromatic carbocycles. The van der Waals surface area contributed by atoms with Gasteiger partial charge in [-0.25, -0.2) is 0 Å². The van der Waals surface area contributed by atoms with Gasteiger partial charge in [-0.3, -0.25) is 0 Å². The molecule has 0 aliphatic rings. The zero-order valence-corrected chi connectivity index (χ0v) is 15.5. The van der Waals surface area contributed by atoms with Gasteiger partial charge in [0.05, 0.1) is 4.47 Å². The van der Waals surface area contributed by atoms with Gasteiger partial charge in [0.2, 0.25) is 0 Å². The van der Waals surface area contributed by atoms with Crippen molar-refractivity contribution in [3.63, 3.8) is 0 Å². The van der Waals surface area contributed by atoms with E-state index in [0.717, 1.165) is 26.7 Å². The van der Waals surface area contributed by atoms with Gasteiger partial charge in [0.15, 0.2) is 0 Å². The fourth-order valence-electron chi connectivity index (χ4n) is 2.01. The third kappa shape index (κ3) is 4.46. The zero-order chi connectivity index (χ0) is 15.4. The van der Waals surface area contributed by atoms with Crippen LogP contribution in [0.15, 0.2) is 51.4 Å². The monoisotopic (exact) mass is 431 g/mol. The molecule has 2 unspecified atom stereocenters. The van der Waals surface area contributed by atoms with E-state index >= 15 is 0 Å². The Morgan fingerprint density at radius 3 is 2.57 bits per heavy atom. The first kappa shape index (κ1) is 16.8. The molecule has 2 N–H and O–H groups in total. The average molecular weight is 434 g/mol. The SMILES string of the molecule is CCC(N)C(Oc1ccc(Br)cc1Br)c1cccc(Cl)c1. The summed E-state index contributed by atoms with van der Waals surface area (Å²) in [6.45, 7) is 2.04. The molecule has 0 aliphatic heterocycles. The van der Waals surface area contributed by atoms with Crippen molar-refractivity contribution in [3.8, 4) is 5.75 Å². The second-order valence-electron chi connectivity index (χ2n) is 4.74. The molecule has 0 radical (unpaired) electrons. The Balaban J connectivity index is 2.33. The minimum atomic E-state index is -0.244.